The van der Waals surface area contributed by atoms with Gasteiger partial charge in [-0.25, -0.2) is 9.37 Å². The molecule has 194 valence electrons. The highest BCUT2D eigenvalue weighted by Crippen LogP contribution is 2.28. The van der Waals surface area contributed by atoms with Crippen LogP contribution in [0.2, 0.25) is 0 Å². The van der Waals surface area contributed by atoms with Gasteiger partial charge in [-0.3, -0.25) is 9.79 Å². The fourth-order valence-corrected chi connectivity index (χ4v) is 3.47. The summed E-state index contributed by atoms with van der Waals surface area (Å²) in [5.74, 6) is 0.0475. The highest BCUT2D eigenvalue weighted by Gasteiger charge is 2.18. The largest absolute Gasteiger partial charge is 0.475 e. The van der Waals surface area contributed by atoms with Crippen LogP contribution in [0.5, 0.6) is 11.6 Å². The Balaban J connectivity index is 0.00000186. The van der Waals surface area contributed by atoms with Gasteiger partial charge >= 0.3 is 6.61 Å². The number of nitrogens with two attached hydrogens (primary N) is 1. The maximum absolute atomic E-state index is 13.7. The van der Waals surface area contributed by atoms with Crippen molar-refractivity contribution in [1.82, 2.24) is 14.8 Å². The number of pyridine rings is 1. The van der Waals surface area contributed by atoms with E-state index in [1.807, 2.05) is 13.8 Å². The zero-order valence-corrected chi connectivity index (χ0v) is 20.5. The number of aliphatic imine (C=N–C) groups is 1. The van der Waals surface area contributed by atoms with E-state index in [9.17, 15) is 18.0 Å². The first-order valence-electron chi connectivity index (χ1n) is 11.4. The first-order chi connectivity index (χ1) is 17.9. The summed E-state index contributed by atoms with van der Waals surface area (Å²) in [4.78, 5) is 22.0. The van der Waals surface area contributed by atoms with Gasteiger partial charge in [-0.15, -0.1) is 0 Å². The molecule has 0 aliphatic heterocycles. The van der Waals surface area contributed by atoms with Crippen molar-refractivity contribution in [3.8, 4) is 28.4 Å². The lowest BCUT2D eigenvalue weighted by Crippen LogP contribution is -2.24. The van der Waals surface area contributed by atoms with E-state index < -0.39 is 18.8 Å². The van der Waals surface area contributed by atoms with E-state index in [2.05, 4.69) is 19.8 Å². The minimum absolute atomic E-state index is 0.0654. The molecule has 0 spiro atoms. The average Bonchev–Trinajstić information content (AvgIpc) is 2.90. The Morgan fingerprint density at radius 3 is 2.49 bits per heavy atom. The highest BCUT2D eigenvalue weighted by molar-refractivity contribution is 5.91. The molecule has 4 rings (SSSR count). The molecule has 0 aliphatic carbocycles. The number of aromatic nitrogens is 3. The van der Waals surface area contributed by atoms with Crippen LogP contribution in [0.3, 0.4) is 0 Å². The minimum atomic E-state index is -2.98. The fourth-order valence-electron chi connectivity index (χ4n) is 3.47. The molecular formula is C26H26F3N5O3. The van der Waals surface area contributed by atoms with Crippen LogP contribution in [0.25, 0.3) is 27.8 Å². The van der Waals surface area contributed by atoms with Crippen molar-refractivity contribution in [2.24, 2.45) is 4.99 Å². The summed E-state index contributed by atoms with van der Waals surface area (Å²) in [6.07, 6.45) is 1.56. The van der Waals surface area contributed by atoms with Crippen molar-refractivity contribution < 1.29 is 22.6 Å². The summed E-state index contributed by atoms with van der Waals surface area (Å²) in [6.45, 7) is 0.104. The number of hydrogen-bond donors (Lipinski definition) is 1. The van der Waals surface area contributed by atoms with Gasteiger partial charge in [-0.1, -0.05) is 26.0 Å². The van der Waals surface area contributed by atoms with Gasteiger partial charge in [0.15, 0.2) is 0 Å². The van der Waals surface area contributed by atoms with E-state index in [1.54, 1.807) is 37.5 Å². The number of benzene rings is 2. The second kappa shape index (κ2) is 12.5. The standard InChI is InChI=1S/C24H20F3N5O3.C2H6/c1-29-13-15-12-16(4-7-18(15)28)32-23(33)21(14-2-5-17(6-3-14)35-24(26)27)22-19(31-32)8-9-20(30-22)34-11-10-25;1-2/h2-9,12-13,24H,10-11,28H2,1H3;1-2H3. The zero-order valence-electron chi connectivity index (χ0n) is 20.5. The van der Waals surface area contributed by atoms with Crippen LogP contribution >= 0.6 is 0 Å². The third-order valence-electron chi connectivity index (χ3n) is 4.98. The third-order valence-corrected chi connectivity index (χ3v) is 4.98. The Hall–Kier alpha value is -4.41. The van der Waals surface area contributed by atoms with Crippen molar-refractivity contribution in [3.63, 3.8) is 0 Å². The van der Waals surface area contributed by atoms with Crippen LogP contribution in [-0.4, -0.2) is 47.9 Å². The Morgan fingerprint density at radius 1 is 1.11 bits per heavy atom. The van der Waals surface area contributed by atoms with Gasteiger partial charge in [0.25, 0.3) is 5.56 Å². The quantitative estimate of drug-likeness (QED) is 0.261. The molecule has 0 fully saturated rings. The first-order valence-corrected chi connectivity index (χ1v) is 11.4. The van der Waals surface area contributed by atoms with Gasteiger partial charge in [0.05, 0.1) is 11.3 Å². The normalized spacial score (nSPS) is 11.0. The molecule has 2 heterocycles. The number of alkyl halides is 3. The van der Waals surface area contributed by atoms with Gasteiger partial charge < -0.3 is 15.2 Å². The van der Waals surface area contributed by atoms with Crippen LogP contribution in [0.4, 0.5) is 18.9 Å². The van der Waals surface area contributed by atoms with Crippen LogP contribution in [-0.2, 0) is 0 Å². The number of hydrogen-bond acceptors (Lipinski definition) is 7. The number of nitrogens with zero attached hydrogens (tertiary/aromatic N) is 4. The Morgan fingerprint density at radius 2 is 1.84 bits per heavy atom. The highest BCUT2D eigenvalue weighted by atomic mass is 19.3. The number of ether oxygens (including phenoxy) is 2. The summed E-state index contributed by atoms with van der Waals surface area (Å²) in [7, 11) is 1.60. The summed E-state index contributed by atoms with van der Waals surface area (Å²) >= 11 is 0. The van der Waals surface area contributed by atoms with Crippen LogP contribution in [0, 0.1) is 0 Å². The monoisotopic (exact) mass is 513 g/mol. The molecule has 4 aromatic rings. The summed E-state index contributed by atoms with van der Waals surface area (Å²) < 4.78 is 48.6. The molecule has 0 amide bonds. The predicted molar refractivity (Wildman–Crippen MR) is 138 cm³/mol. The molecule has 2 aromatic heterocycles. The molecule has 0 atom stereocenters. The van der Waals surface area contributed by atoms with Crippen molar-refractivity contribution >= 4 is 22.9 Å². The van der Waals surface area contributed by atoms with Gasteiger partial charge in [-0.2, -0.15) is 18.6 Å². The first kappa shape index (κ1) is 27.2. The van der Waals surface area contributed by atoms with Crippen molar-refractivity contribution in [1.29, 1.82) is 0 Å². The smallest absolute Gasteiger partial charge is 0.387 e. The molecule has 0 unspecified atom stereocenters. The Bertz CT molecular complexity index is 1440. The second-order valence-electron chi connectivity index (χ2n) is 7.25. The van der Waals surface area contributed by atoms with E-state index in [0.29, 0.717) is 28.0 Å². The van der Waals surface area contributed by atoms with Gasteiger partial charge in [0.1, 0.15) is 30.1 Å². The van der Waals surface area contributed by atoms with Crippen molar-refractivity contribution in [3.05, 3.63) is 70.5 Å². The van der Waals surface area contributed by atoms with E-state index in [0.717, 1.165) is 0 Å². The molecular weight excluding hydrogens is 487 g/mol. The van der Waals surface area contributed by atoms with E-state index in [-0.39, 0.29) is 29.3 Å². The minimum Gasteiger partial charge on any atom is -0.475 e. The maximum atomic E-state index is 13.7. The summed E-state index contributed by atoms with van der Waals surface area (Å²) in [6, 6.07) is 13.6. The van der Waals surface area contributed by atoms with E-state index >= 15 is 0 Å². The fraction of sp³-hybridized carbons (Fsp3) is 0.231. The van der Waals surface area contributed by atoms with Gasteiger partial charge in [-0.05, 0) is 42.0 Å². The molecule has 2 aromatic carbocycles. The lowest BCUT2D eigenvalue weighted by atomic mass is 10.1. The molecule has 0 bridgehead atoms. The van der Waals surface area contributed by atoms with E-state index in [1.165, 1.54) is 35.0 Å². The molecule has 37 heavy (non-hydrogen) atoms. The molecule has 0 saturated heterocycles. The summed E-state index contributed by atoms with van der Waals surface area (Å²) in [5, 5.41) is 4.44. The molecule has 2 N–H and O–H groups in total. The number of anilines is 1. The van der Waals surface area contributed by atoms with Gasteiger partial charge in [0.2, 0.25) is 5.88 Å². The molecule has 8 nitrogen and oxygen atoms in total. The van der Waals surface area contributed by atoms with E-state index in [4.69, 9.17) is 10.5 Å². The van der Waals surface area contributed by atoms with Gasteiger partial charge in [0, 0.05) is 30.6 Å². The average molecular weight is 514 g/mol. The van der Waals surface area contributed by atoms with Crippen molar-refractivity contribution in [2.75, 3.05) is 26.1 Å². The SMILES string of the molecule is CC.CN=Cc1cc(-n2nc3ccc(OCCF)nc3c(-c3ccc(OC(F)F)cc3)c2=O)ccc1N. The third kappa shape index (κ3) is 6.24. The topological polar surface area (TPSA) is 105 Å². The Labute approximate surface area is 211 Å². The number of halogens is 3. The molecule has 0 radical (unpaired) electrons. The molecule has 0 aliphatic rings. The zero-order chi connectivity index (χ0) is 26.9. The molecule has 11 heteroatoms. The number of fused-ring (bicyclic) bond motifs is 1. The maximum Gasteiger partial charge on any atom is 0.387 e. The van der Waals surface area contributed by atoms with Crippen molar-refractivity contribution in [2.45, 2.75) is 20.5 Å². The second-order valence-corrected chi connectivity index (χ2v) is 7.25. The molecule has 0 saturated carbocycles. The lowest BCUT2D eigenvalue weighted by Gasteiger charge is -2.13. The number of rotatable bonds is 8. The van der Waals surface area contributed by atoms with Crippen LogP contribution < -0.4 is 20.8 Å². The van der Waals surface area contributed by atoms with Crippen LogP contribution in [0.1, 0.15) is 19.4 Å². The number of nitrogen functional groups attached to an aromatic ring is 1. The van der Waals surface area contributed by atoms with Crippen LogP contribution in [0.15, 0.2) is 64.4 Å². The Kier molecular flexibility index (Phi) is 9.20. The predicted octanol–water partition coefficient (Wildman–Crippen LogP) is 5.05. The lowest BCUT2D eigenvalue weighted by molar-refractivity contribution is -0.0498. The summed E-state index contributed by atoms with van der Waals surface area (Å²) in [5.41, 5.74) is 8.05.